The average Bonchev–Trinajstić information content (AvgIpc) is 2.93. The van der Waals surface area contributed by atoms with Crippen LogP contribution < -0.4 is 9.80 Å². The van der Waals surface area contributed by atoms with Gasteiger partial charge in [0.15, 0.2) is 0 Å². The Labute approximate surface area is 162 Å². The highest BCUT2D eigenvalue weighted by molar-refractivity contribution is 5.54. The lowest BCUT2D eigenvalue weighted by molar-refractivity contribution is 0.282. The van der Waals surface area contributed by atoms with Gasteiger partial charge in [0, 0.05) is 58.6 Å². The van der Waals surface area contributed by atoms with Crippen molar-refractivity contribution in [2.75, 3.05) is 50.1 Å². The van der Waals surface area contributed by atoms with Crippen LogP contribution in [-0.4, -0.2) is 60.1 Å². The van der Waals surface area contributed by atoms with E-state index in [0.717, 1.165) is 63.6 Å². The van der Waals surface area contributed by atoms with E-state index in [1.54, 1.807) is 0 Å². The smallest absolute Gasteiger partial charge is 0.227 e. The number of aryl methyl sites for hydroxylation is 1. The third-order valence-corrected chi connectivity index (χ3v) is 5.55. The van der Waals surface area contributed by atoms with Gasteiger partial charge in [-0.05, 0) is 44.2 Å². The topological polar surface area (TPSA) is 48.4 Å². The molecule has 27 heavy (non-hydrogen) atoms. The molecule has 0 unspecified atom stereocenters. The molecule has 0 N–H and O–H groups in total. The van der Waals surface area contributed by atoms with E-state index in [1.807, 2.05) is 31.3 Å². The summed E-state index contributed by atoms with van der Waals surface area (Å²) >= 11 is 0. The first kappa shape index (κ1) is 18.2. The molecule has 6 heteroatoms. The Kier molecular flexibility index (Phi) is 5.53. The zero-order valence-corrected chi connectivity index (χ0v) is 16.6. The standard InChI is InChI=1S/C21H30N6/c1-25(2)21-23-19-10-4-3-9-18(19)20(24-21)27-13-7-12-26(14-15-27)16-17-8-5-6-11-22-17/h5-6,8,11H,3-4,7,9-10,12-16H2,1-2H3. The molecule has 6 nitrogen and oxygen atoms in total. The summed E-state index contributed by atoms with van der Waals surface area (Å²) in [5.41, 5.74) is 3.81. The number of hydrogen-bond donors (Lipinski definition) is 0. The molecule has 3 heterocycles. The minimum absolute atomic E-state index is 0.847. The third kappa shape index (κ3) is 4.21. The van der Waals surface area contributed by atoms with Crippen LogP contribution in [-0.2, 0) is 19.4 Å². The van der Waals surface area contributed by atoms with E-state index in [0.29, 0.717) is 0 Å². The van der Waals surface area contributed by atoms with Crippen molar-refractivity contribution in [2.24, 2.45) is 0 Å². The summed E-state index contributed by atoms with van der Waals surface area (Å²) < 4.78 is 0. The number of pyridine rings is 1. The number of aromatic nitrogens is 3. The van der Waals surface area contributed by atoms with Gasteiger partial charge in [-0.3, -0.25) is 9.88 Å². The molecule has 0 atom stereocenters. The largest absolute Gasteiger partial charge is 0.355 e. The number of rotatable bonds is 4. The molecule has 2 aliphatic rings. The molecular weight excluding hydrogens is 336 g/mol. The van der Waals surface area contributed by atoms with Crippen LogP contribution in [0.3, 0.4) is 0 Å². The van der Waals surface area contributed by atoms with Gasteiger partial charge in [0.2, 0.25) is 5.95 Å². The fraction of sp³-hybridized carbons (Fsp3) is 0.571. The van der Waals surface area contributed by atoms with Gasteiger partial charge in [0.25, 0.3) is 0 Å². The fourth-order valence-corrected chi connectivity index (χ4v) is 4.08. The minimum atomic E-state index is 0.847. The molecule has 0 radical (unpaired) electrons. The lowest BCUT2D eigenvalue weighted by Gasteiger charge is -2.28. The van der Waals surface area contributed by atoms with Gasteiger partial charge in [-0.1, -0.05) is 6.07 Å². The van der Waals surface area contributed by atoms with Gasteiger partial charge in [-0.25, -0.2) is 4.98 Å². The Morgan fingerprint density at radius 1 is 0.963 bits per heavy atom. The Balaban J connectivity index is 1.52. The molecule has 2 aromatic rings. The van der Waals surface area contributed by atoms with Crippen LogP contribution in [0.2, 0.25) is 0 Å². The summed E-state index contributed by atoms with van der Waals surface area (Å²) in [6.45, 7) is 5.17. The number of nitrogens with zero attached hydrogens (tertiary/aromatic N) is 6. The van der Waals surface area contributed by atoms with E-state index in [-0.39, 0.29) is 0 Å². The quantitative estimate of drug-likeness (QED) is 0.829. The predicted molar refractivity (Wildman–Crippen MR) is 109 cm³/mol. The Morgan fingerprint density at radius 2 is 1.85 bits per heavy atom. The molecular formula is C21H30N6. The summed E-state index contributed by atoms with van der Waals surface area (Å²) in [5, 5.41) is 0. The molecule has 1 fully saturated rings. The van der Waals surface area contributed by atoms with Crippen LogP contribution in [0.1, 0.15) is 36.2 Å². The van der Waals surface area contributed by atoms with E-state index in [4.69, 9.17) is 9.97 Å². The summed E-state index contributed by atoms with van der Waals surface area (Å²) in [4.78, 5) is 21.3. The maximum atomic E-state index is 4.97. The third-order valence-electron chi connectivity index (χ3n) is 5.55. The Morgan fingerprint density at radius 3 is 2.67 bits per heavy atom. The SMILES string of the molecule is CN(C)c1nc2c(c(N3CCCN(Cc4ccccn4)CC3)n1)CCCC2. The summed E-state index contributed by atoms with van der Waals surface area (Å²) in [7, 11) is 4.07. The molecule has 0 aromatic carbocycles. The van der Waals surface area contributed by atoms with E-state index < -0.39 is 0 Å². The van der Waals surface area contributed by atoms with Gasteiger partial charge in [0.1, 0.15) is 5.82 Å². The molecule has 0 spiro atoms. The van der Waals surface area contributed by atoms with Crippen molar-refractivity contribution in [3.63, 3.8) is 0 Å². The van der Waals surface area contributed by atoms with Crippen molar-refractivity contribution in [3.8, 4) is 0 Å². The minimum Gasteiger partial charge on any atom is -0.355 e. The fourth-order valence-electron chi connectivity index (χ4n) is 4.08. The lowest BCUT2D eigenvalue weighted by atomic mass is 9.96. The molecule has 0 saturated carbocycles. The predicted octanol–water partition coefficient (Wildman–Crippen LogP) is 2.53. The van der Waals surface area contributed by atoms with Crippen LogP contribution >= 0.6 is 0 Å². The van der Waals surface area contributed by atoms with Crippen LogP contribution in [0.15, 0.2) is 24.4 Å². The molecule has 0 bridgehead atoms. The zero-order valence-electron chi connectivity index (χ0n) is 16.6. The molecule has 4 rings (SSSR count). The first-order valence-electron chi connectivity index (χ1n) is 10.1. The van der Waals surface area contributed by atoms with Crippen molar-refractivity contribution >= 4 is 11.8 Å². The zero-order chi connectivity index (χ0) is 18.6. The van der Waals surface area contributed by atoms with E-state index in [2.05, 4.69) is 26.9 Å². The highest BCUT2D eigenvalue weighted by Crippen LogP contribution is 2.30. The molecule has 1 saturated heterocycles. The number of fused-ring (bicyclic) bond motifs is 1. The first-order valence-corrected chi connectivity index (χ1v) is 10.1. The van der Waals surface area contributed by atoms with E-state index >= 15 is 0 Å². The van der Waals surface area contributed by atoms with Crippen molar-refractivity contribution < 1.29 is 0 Å². The second-order valence-corrected chi connectivity index (χ2v) is 7.81. The summed E-state index contributed by atoms with van der Waals surface area (Å²) in [5.74, 6) is 2.03. The van der Waals surface area contributed by atoms with E-state index in [1.165, 1.54) is 29.9 Å². The highest BCUT2D eigenvalue weighted by atomic mass is 15.3. The lowest BCUT2D eigenvalue weighted by Crippen LogP contribution is -2.33. The average molecular weight is 367 g/mol. The van der Waals surface area contributed by atoms with Crippen molar-refractivity contribution in [3.05, 3.63) is 41.3 Å². The first-order chi connectivity index (χ1) is 13.2. The molecule has 2 aromatic heterocycles. The van der Waals surface area contributed by atoms with Gasteiger partial charge in [-0.2, -0.15) is 4.98 Å². The Bertz CT molecular complexity index is 761. The number of hydrogen-bond acceptors (Lipinski definition) is 6. The monoisotopic (exact) mass is 366 g/mol. The maximum Gasteiger partial charge on any atom is 0.227 e. The summed E-state index contributed by atoms with van der Waals surface area (Å²) in [6.07, 6.45) is 7.74. The van der Waals surface area contributed by atoms with Crippen molar-refractivity contribution in [2.45, 2.75) is 38.6 Å². The molecule has 144 valence electrons. The maximum absolute atomic E-state index is 4.97. The van der Waals surface area contributed by atoms with Crippen molar-refractivity contribution in [1.29, 1.82) is 0 Å². The van der Waals surface area contributed by atoms with Crippen LogP contribution in [0.4, 0.5) is 11.8 Å². The highest BCUT2D eigenvalue weighted by Gasteiger charge is 2.24. The van der Waals surface area contributed by atoms with Gasteiger partial charge in [-0.15, -0.1) is 0 Å². The van der Waals surface area contributed by atoms with Gasteiger partial charge < -0.3 is 9.80 Å². The normalized spacial score (nSPS) is 18.1. The van der Waals surface area contributed by atoms with E-state index in [9.17, 15) is 0 Å². The Hall–Kier alpha value is -2.21. The van der Waals surface area contributed by atoms with Crippen LogP contribution in [0.25, 0.3) is 0 Å². The van der Waals surface area contributed by atoms with Crippen molar-refractivity contribution in [1.82, 2.24) is 19.9 Å². The molecule has 1 aliphatic carbocycles. The molecule has 0 amide bonds. The van der Waals surface area contributed by atoms with Gasteiger partial charge >= 0.3 is 0 Å². The van der Waals surface area contributed by atoms with Crippen LogP contribution in [0, 0.1) is 0 Å². The molecule has 1 aliphatic heterocycles. The second kappa shape index (κ2) is 8.21. The van der Waals surface area contributed by atoms with Crippen LogP contribution in [0.5, 0.6) is 0 Å². The summed E-state index contributed by atoms with van der Waals surface area (Å²) in [6, 6.07) is 6.17. The van der Waals surface area contributed by atoms with Gasteiger partial charge in [0.05, 0.1) is 11.4 Å². The number of anilines is 2. The second-order valence-electron chi connectivity index (χ2n) is 7.81.